The van der Waals surface area contributed by atoms with E-state index >= 15 is 0 Å². The molecule has 1 aliphatic heterocycles. The molecule has 6 N–H and O–H groups in total. The summed E-state index contributed by atoms with van der Waals surface area (Å²) in [6.07, 6.45) is 1.96. The van der Waals surface area contributed by atoms with E-state index in [-0.39, 0.29) is 19.1 Å². The molecule has 2 aromatic rings. The standard InChI is InChI=1S/C20H25N3O3.C4H4O4/c24-12-17(13-25)14-26-19-7-3-16(4-8-19)11-15-1-5-18(6-2-15)23-20-21-9-10-22-20;5-3(6)1-2-4(7)8/h1-8,17,24-25H,9-14H2,(H2,21,22,23);1-2H,(H,5,6)(H,7,8). The van der Waals surface area contributed by atoms with E-state index in [0.29, 0.717) is 18.8 Å². The Morgan fingerprint density at radius 3 is 2.00 bits per heavy atom. The van der Waals surface area contributed by atoms with Crippen molar-refractivity contribution in [2.24, 2.45) is 10.9 Å². The van der Waals surface area contributed by atoms with Crippen molar-refractivity contribution in [2.75, 3.05) is 38.2 Å². The zero-order chi connectivity index (χ0) is 24.8. The quantitative estimate of drug-likeness (QED) is 0.281. The van der Waals surface area contributed by atoms with Crippen LogP contribution >= 0.6 is 0 Å². The molecule has 0 fully saturated rings. The minimum absolute atomic E-state index is 0.0805. The molecule has 3 rings (SSSR count). The van der Waals surface area contributed by atoms with Gasteiger partial charge in [0.05, 0.1) is 26.4 Å². The minimum atomic E-state index is -1.26. The fourth-order valence-corrected chi connectivity index (χ4v) is 2.78. The van der Waals surface area contributed by atoms with E-state index in [4.69, 9.17) is 25.2 Å². The third-order valence-corrected chi connectivity index (χ3v) is 4.59. The van der Waals surface area contributed by atoms with Gasteiger partial charge in [-0.1, -0.05) is 24.3 Å². The minimum Gasteiger partial charge on any atom is -0.493 e. The maximum absolute atomic E-state index is 9.55. The Balaban J connectivity index is 0.000000440. The van der Waals surface area contributed by atoms with E-state index in [1.54, 1.807) is 0 Å². The molecule has 0 aromatic heterocycles. The number of nitrogens with one attached hydrogen (secondary N) is 2. The molecule has 0 atom stereocenters. The molecular formula is C24H29N3O7. The summed E-state index contributed by atoms with van der Waals surface area (Å²) < 4.78 is 5.59. The fraction of sp³-hybridized carbons (Fsp3) is 0.292. The van der Waals surface area contributed by atoms with Gasteiger partial charge in [0.1, 0.15) is 5.75 Å². The molecular weight excluding hydrogens is 442 g/mol. The molecule has 0 saturated heterocycles. The molecule has 1 heterocycles. The van der Waals surface area contributed by atoms with Crippen molar-refractivity contribution in [3.63, 3.8) is 0 Å². The molecule has 1 aliphatic rings. The Bertz CT molecular complexity index is 953. The van der Waals surface area contributed by atoms with Crippen LogP contribution in [-0.4, -0.2) is 71.2 Å². The summed E-state index contributed by atoms with van der Waals surface area (Å²) in [4.78, 5) is 23.4. The van der Waals surface area contributed by atoms with Crippen LogP contribution in [0, 0.1) is 5.92 Å². The first-order valence-corrected chi connectivity index (χ1v) is 10.6. The molecule has 0 aliphatic carbocycles. The lowest BCUT2D eigenvalue weighted by Gasteiger charge is -2.13. The third kappa shape index (κ3) is 10.2. The zero-order valence-electron chi connectivity index (χ0n) is 18.6. The van der Waals surface area contributed by atoms with Gasteiger partial charge < -0.3 is 35.8 Å². The summed E-state index contributed by atoms with van der Waals surface area (Å²) in [7, 11) is 0. The number of hydrogen-bond donors (Lipinski definition) is 6. The summed E-state index contributed by atoms with van der Waals surface area (Å²) in [6.45, 7) is 1.86. The van der Waals surface area contributed by atoms with E-state index in [2.05, 4.69) is 39.9 Å². The highest BCUT2D eigenvalue weighted by atomic mass is 16.5. The zero-order valence-corrected chi connectivity index (χ0v) is 18.6. The van der Waals surface area contributed by atoms with Crippen LogP contribution in [0.25, 0.3) is 0 Å². The predicted octanol–water partition coefficient (Wildman–Crippen LogP) is 1.34. The highest BCUT2D eigenvalue weighted by molar-refractivity contribution is 5.94. The average Bonchev–Trinajstić information content (AvgIpc) is 3.34. The first-order chi connectivity index (χ1) is 16.4. The smallest absolute Gasteiger partial charge is 0.328 e. The summed E-state index contributed by atoms with van der Waals surface area (Å²) in [5.74, 6) is -1.19. The Kier molecular flexibility index (Phi) is 11.1. The van der Waals surface area contributed by atoms with E-state index in [1.807, 2.05) is 24.3 Å². The number of anilines is 1. The van der Waals surface area contributed by atoms with Crippen molar-refractivity contribution in [1.29, 1.82) is 0 Å². The lowest BCUT2D eigenvalue weighted by Crippen LogP contribution is -2.26. The van der Waals surface area contributed by atoms with Gasteiger partial charge in [-0.3, -0.25) is 4.99 Å². The van der Waals surface area contributed by atoms with Crippen LogP contribution < -0.4 is 15.4 Å². The van der Waals surface area contributed by atoms with E-state index in [9.17, 15) is 9.59 Å². The number of aliphatic imine (C=N–C) groups is 1. The first kappa shape index (κ1) is 26.4. The molecule has 0 unspecified atom stereocenters. The lowest BCUT2D eigenvalue weighted by molar-refractivity contribution is -0.134. The number of rotatable bonds is 10. The monoisotopic (exact) mass is 471 g/mol. The predicted molar refractivity (Wildman–Crippen MR) is 127 cm³/mol. The van der Waals surface area contributed by atoms with Gasteiger partial charge in [-0.15, -0.1) is 0 Å². The highest BCUT2D eigenvalue weighted by Gasteiger charge is 2.07. The normalized spacial score (nSPS) is 12.5. The van der Waals surface area contributed by atoms with Gasteiger partial charge in [0, 0.05) is 30.3 Å². The van der Waals surface area contributed by atoms with Crippen LogP contribution in [0.15, 0.2) is 65.7 Å². The highest BCUT2D eigenvalue weighted by Crippen LogP contribution is 2.17. The van der Waals surface area contributed by atoms with Gasteiger partial charge in [0.15, 0.2) is 5.96 Å². The van der Waals surface area contributed by atoms with Crippen molar-refractivity contribution in [3.8, 4) is 5.75 Å². The molecule has 2 aromatic carbocycles. The van der Waals surface area contributed by atoms with Crippen molar-refractivity contribution in [1.82, 2.24) is 5.32 Å². The topological polar surface area (TPSA) is 161 Å². The molecule has 0 radical (unpaired) electrons. The maximum atomic E-state index is 9.55. The maximum Gasteiger partial charge on any atom is 0.328 e. The molecule has 34 heavy (non-hydrogen) atoms. The van der Waals surface area contributed by atoms with Crippen molar-refractivity contribution in [3.05, 3.63) is 71.8 Å². The van der Waals surface area contributed by atoms with Crippen molar-refractivity contribution >= 4 is 23.6 Å². The van der Waals surface area contributed by atoms with Crippen LogP contribution in [-0.2, 0) is 16.0 Å². The van der Waals surface area contributed by atoms with E-state index < -0.39 is 11.9 Å². The number of ether oxygens (including phenoxy) is 1. The number of nitrogens with zero attached hydrogens (tertiary/aromatic N) is 1. The number of benzene rings is 2. The second kappa shape index (κ2) is 14.3. The molecule has 182 valence electrons. The summed E-state index contributed by atoms with van der Waals surface area (Å²) in [5.41, 5.74) is 3.44. The second-order valence-electron chi connectivity index (χ2n) is 7.35. The van der Waals surface area contributed by atoms with Gasteiger partial charge in [-0.05, 0) is 41.8 Å². The van der Waals surface area contributed by atoms with E-state index in [1.165, 1.54) is 11.1 Å². The summed E-state index contributed by atoms with van der Waals surface area (Å²) in [5, 5.41) is 40.2. The van der Waals surface area contributed by atoms with Crippen LogP contribution in [0.3, 0.4) is 0 Å². The average molecular weight is 472 g/mol. The Morgan fingerprint density at radius 2 is 1.53 bits per heavy atom. The molecule has 0 bridgehead atoms. The van der Waals surface area contributed by atoms with Crippen LogP contribution in [0.2, 0.25) is 0 Å². The van der Waals surface area contributed by atoms with Gasteiger partial charge in [-0.2, -0.15) is 0 Å². The molecule has 0 amide bonds. The number of carboxylic acid groups (broad SMARTS) is 2. The summed E-state index contributed by atoms with van der Waals surface area (Å²) >= 11 is 0. The van der Waals surface area contributed by atoms with Gasteiger partial charge >= 0.3 is 11.9 Å². The number of aliphatic hydroxyl groups excluding tert-OH is 2. The largest absolute Gasteiger partial charge is 0.493 e. The molecule has 0 saturated carbocycles. The number of aliphatic hydroxyl groups is 2. The number of hydrogen-bond acceptors (Lipinski definition) is 8. The number of aliphatic carboxylic acids is 2. The SMILES string of the molecule is O=C(O)C=CC(=O)O.OCC(CO)COc1ccc(Cc2ccc(NC3=NCCN3)cc2)cc1. The number of carboxylic acids is 2. The first-order valence-electron chi connectivity index (χ1n) is 10.6. The second-order valence-corrected chi connectivity index (χ2v) is 7.35. The molecule has 10 heteroatoms. The van der Waals surface area contributed by atoms with E-state index in [0.717, 1.165) is 36.9 Å². The van der Waals surface area contributed by atoms with Crippen LogP contribution in [0.5, 0.6) is 5.75 Å². The van der Waals surface area contributed by atoms with Gasteiger partial charge in [0.2, 0.25) is 0 Å². The molecule has 0 spiro atoms. The Hall–Kier alpha value is -3.89. The number of guanidine groups is 1. The van der Waals surface area contributed by atoms with Crippen molar-refractivity contribution < 1.29 is 34.8 Å². The molecule has 10 nitrogen and oxygen atoms in total. The third-order valence-electron chi connectivity index (χ3n) is 4.59. The van der Waals surface area contributed by atoms with Crippen molar-refractivity contribution in [2.45, 2.75) is 6.42 Å². The lowest BCUT2D eigenvalue weighted by atomic mass is 10.0. The van der Waals surface area contributed by atoms with Crippen LogP contribution in [0.4, 0.5) is 5.69 Å². The van der Waals surface area contributed by atoms with Gasteiger partial charge in [-0.25, -0.2) is 9.59 Å². The Labute approximate surface area is 197 Å². The van der Waals surface area contributed by atoms with Crippen LogP contribution in [0.1, 0.15) is 11.1 Å². The summed E-state index contributed by atoms with van der Waals surface area (Å²) in [6, 6.07) is 16.2. The number of carbonyl (C=O) groups is 2. The van der Waals surface area contributed by atoms with Gasteiger partial charge in [0.25, 0.3) is 0 Å². The Morgan fingerprint density at radius 1 is 0.971 bits per heavy atom. The fourth-order valence-electron chi connectivity index (χ4n) is 2.78.